The van der Waals surface area contributed by atoms with Crippen LogP contribution in [0.3, 0.4) is 0 Å². The van der Waals surface area contributed by atoms with E-state index < -0.39 is 5.69 Å². The van der Waals surface area contributed by atoms with Crippen molar-refractivity contribution in [3.05, 3.63) is 44.1 Å². The van der Waals surface area contributed by atoms with E-state index in [0.717, 1.165) is 24.8 Å². The minimum Gasteiger partial charge on any atom is -0.307 e. The number of fused-ring (bicyclic) bond motifs is 3. The highest BCUT2D eigenvalue weighted by molar-refractivity contribution is 5.82. The summed E-state index contributed by atoms with van der Waals surface area (Å²) in [6, 6.07) is 3.85. The van der Waals surface area contributed by atoms with Crippen LogP contribution in [0.4, 0.5) is 0 Å². The molecule has 0 fully saturated rings. The topological polar surface area (TPSA) is 65.7 Å². The van der Waals surface area contributed by atoms with Crippen LogP contribution in [0.5, 0.6) is 0 Å². The second-order valence-electron chi connectivity index (χ2n) is 4.24. The molecule has 1 aromatic heterocycles. The van der Waals surface area contributed by atoms with E-state index in [2.05, 4.69) is 9.97 Å². The molecule has 2 aromatic rings. The number of aryl methyl sites for hydroxylation is 2. The highest BCUT2D eigenvalue weighted by Crippen LogP contribution is 2.25. The molecule has 0 atom stereocenters. The third kappa shape index (κ3) is 1.30. The number of hydrogen-bond acceptors (Lipinski definition) is 2. The lowest BCUT2D eigenvalue weighted by Crippen LogP contribution is -2.23. The molecule has 3 rings (SSSR count). The van der Waals surface area contributed by atoms with Crippen molar-refractivity contribution >= 4 is 10.9 Å². The van der Waals surface area contributed by atoms with E-state index in [1.54, 1.807) is 0 Å². The molecule has 1 aliphatic rings. The number of benzene rings is 1. The van der Waals surface area contributed by atoms with Gasteiger partial charge in [-0.1, -0.05) is 6.07 Å². The third-order valence-corrected chi connectivity index (χ3v) is 3.24. The number of H-pyrrole nitrogens is 2. The summed E-state index contributed by atoms with van der Waals surface area (Å²) >= 11 is 0. The van der Waals surface area contributed by atoms with Crippen LogP contribution in [-0.4, -0.2) is 9.97 Å². The molecule has 0 aliphatic heterocycles. The Morgan fingerprint density at radius 3 is 2.69 bits per heavy atom. The SMILES string of the molecule is O=c1[nH]c(=O)c2c3c(ccc2[nH]1)CCCC3. The van der Waals surface area contributed by atoms with Crippen LogP contribution in [0.2, 0.25) is 0 Å². The zero-order chi connectivity index (χ0) is 11.1. The largest absolute Gasteiger partial charge is 0.326 e. The molecule has 1 aliphatic carbocycles. The minimum atomic E-state index is -0.437. The first-order chi connectivity index (χ1) is 7.75. The summed E-state index contributed by atoms with van der Waals surface area (Å²) in [6.45, 7) is 0. The first-order valence-electron chi connectivity index (χ1n) is 5.53. The van der Waals surface area contributed by atoms with Crippen molar-refractivity contribution in [2.75, 3.05) is 0 Å². The summed E-state index contributed by atoms with van der Waals surface area (Å²) in [5, 5.41) is 0.664. The van der Waals surface area contributed by atoms with Crippen molar-refractivity contribution in [1.29, 1.82) is 0 Å². The quantitative estimate of drug-likeness (QED) is 0.692. The molecule has 1 aromatic carbocycles. The maximum Gasteiger partial charge on any atom is 0.326 e. The van der Waals surface area contributed by atoms with E-state index in [-0.39, 0.29) is 5.56 Å². The number of hydrogen-bond donors (Lipinski definition) is 2. The Hall–Kier alpha value is -1.84. The fraction of sp³-hybridized carbons (Fsp3) is 0.333. The summed E-state index contributed by atoms with van der Waals surface area (Å²) in [5.41, 5.74) is 2.30. The highest BCUT2D eigenvalue weighted by Gasteiger charge is 2.14. The van der Waals surface area contributed by atoms with Gasteiger partial charge >= 0.3 is 5.69 Å². The average molecular weight is 216 g/mol. The van der Waals surface area contributed by atoms with Crippen LogP contribution in [0, 0.1) is 0 Å². The van der Waals surface area contributed by atoms with Crippen molar-refractivity contribution in [3.63, 3.8) is 0 Å². The summed E-state index contributed by atoms with van der Waals surface area (Å²) in [5.74, 6) is 0. The Balaban J connectivity index is 2.48. The van der Waals surface area contributed by atoms with E-state index >= 15 is 0 Å². The number of rotatable bonds is 0. The number of aromatic amines is 2. The van der Waals surface area contributed by atoms with Gasteiger partial charge < -0.3 is 4.98 Å². The van der Waals surface area contributed by atoms with Gasteiger partial charge in [0.1, 0.15) is 0 Å². The fourth-order valence-electron chi connectivity index (χ4n) is 2.51. The zero-order valence-corrected chi connectivity index (χ0v) is 8.80. The molecule has 1 heterocycles. The van der Waals surface area contributed by atoms with Crippen molar-refractivity contribution in [1.82, 2.24) is 9.97 Å². The third-order valence-electron chi connectivity index (χ3n) is 3.24. The van der Waals surface area contributed by atoms with Crippen molar-refractivity contribution in [2.45, 2.75) is 25.7 Å². The van der Waals surface area contributed by atoms with Gasteiger partial charge in [-0.05, 0) is 42.9 Å². The van der Waals surface area contributed by atoms with Crippen molar-refractivity contribution in [2.24, 2.45) is 0 Å². The summed E-state index contributed by atoms with van der Waals surface area (Å²) in [4.78, 5) is 27.9. The van der Waals surface area contributed by atoms with Gasteiger partial charge in [-0.3, -0.25) is 9.78 Å². The molecule has 2 N–H and O–H groups in total. The molecule has 82 valence electrons. The molecule has 0 spiro atoms. The Morgan fingerprint density at radius 2 is 1.81 bits per heavy atom. The number of nitrogens with one attached hydrogen (secondary N) is 2. The lowest BCUT2D eigenvalue weighted by molar-refractivity contribution is 0.689. The second-order valence-corrected chi connectivity index (χ2v) is 4.24. The van der Waals surface area contributed by atoms with Gasteiger partial charge in [-0.15, -0.1) is 0 Å². The average Bonchev–Trinajstić information content (AvgIpc) is 2.28. The van der Waals surface area contributed by atoms with Gasteiger partial charge in [-0.25, -0.2) is 4.79 Å². The van der Waals surface area contributed by atoms with Gasteiger partial charge in [-0.2, -0.15) is 0 Å². The Morgan fingerprint density at radius 1 is 1.00 bits per heavy atom. The highest BCUT2D eigenvalue weighted by atomic mass is 16.2. The molecule has 4 heteroatoms. The van der Waals surface area contributed by atoms with E-state index in [9.17, 15) is 9.59 Å². The maximum atomic E-state index is 11.8. The molecule has 0 radical (unpaired) electrons. The van der Waals surface area contributed by atoms with E-state index in [1.807, 2.05) is 12.1 Å². The van der Waals surface area contributed by atoms with E-state index in [0.29, 0.717) is 10.9 Å². The monoisotopic (exact) mass is 216 g/mol. The molecular weight excluding hydrogens is 204 g/mol. The lowest BCUT2D eigenvalue weighted by atomic mass is 9.89. The van der Waals surface area contributed by atoms with Gasteiger partial charge in [0.2, 0.25) is 0 Å². The molecular formula is C12H12N2O2. The first kappa shape index (κ1) is 9.39. The van der Waals surface area contributed by atoms with Gasteiger partial charge in [0, 0.05) is 0 Å². The van der Waals surface area contributed by atoms with Crippen molar-refractivity contribution in [3.8, 4) is 0 Å². The number of aromatic nitrogens is 2. The first-order valence-corrected chi connectivity index (χ1v) is 5.53. The van der Waals surface area contributed by atoms with Crippen LogP contribution < -0.4 is 11.2 Å². The Bertz CT molecular complexity index is 667. The van der Waals surface area contributed by atoms with Gasteiger partial charge in [0.05, 0.1) is 10.9 Å². The smallest absolute Gasteiger partial charge is 0.307 e. The van der Waals surface area contributed by atoms with Crippen LogP contribution in [0.25, 0.3) is 10.9 Å². The van der Waals surface area contributed by atoms with Crippen LogP contribution in [0.15, 0.2) is 21.7 Å². The van der Waals surface area contributed by atoms with Crippen LogP contribution in [0.1, 0.15) is 24.0 Å². The zero-order valence-electron chi connectivity index (χ0n) is 8.80. The molecule has 16 heavy (non-hydrogen) atoms. The van der Waals surface area contributed by atoms with E-state index in [1.165, 1.54) is 12.0 Å². The molecule has 0 amide bonds. The molecule has 0 bridgehead atoms. The van der Waals surface area contributed by atoms with Crippen LogP contribution >= 0.6 is 0 Å². The molecule has 0 unspecified atom stereocenters. The predicted molar refractivity (Wildman–Crippen MR) is 61.8 cm³/mol. The van der Waals surface area contributed by atoms with E-state index in [4.69, 9.17) is 0 Å². The Kier molecular flexibility index (Phi) is 1.96. The fourth-order valence-corrected chi connectivity index (χ4v) is 2.51. The molecule has 0 saturated carbocycles. The standard InChI is InChI=1S/C12H12N2O2/c15-11-10-8-4-2-1-3-7(8)5-6-9(10)13-12(16)14-11/h5-6H,1-4H2,(H2,13,14,15,16). The maximum absolute atomic E-state index is 11.8. The molecule has 4 nitrogen and oxygen atoms in total. The van der Waals surface area contributed by atoms with Crippen molar-refractivity contribution < 1.29 is 0 Å². The summed E-state index contributed by atoms with van der Waals surface area (Å²) in [6.07, 6.45) is 4.26. The summed E-state index contributed by atoms with van der Waals surface area (Å²) in [7, 11) is 0. The minimum absolute atomic E-state index is 0.266. The Labute approximate surface area is 91.3 Å². The molecule has 0 saturated heterocycles. The summed E-state index contributed by atoms with van der Waals surface area (Å²) < 4.78 is 0. The normalized spacial score (nSPS) is 15.0. The van der Waals surface area contributed by atoms with Crippen LogP contribution in [-0.2, 0) is 12.8 Å². The second kappa shape index (κ2) is 3.33. The van der Waals surface area contributed by atoms with Gasteiger partial charge in [0.15, 0.2) is 0 Å². The van der Waals surface area contributed by atoms with Gasteiger partial charge in [0.25, 0.3) is 5.56 Å². The lowest BCUT2D eigenvalue weighted by Gasteiger charge is -2.16. The predicted octanol–water partition coefficient (Wildman–Crippen LogP) is 1.10.